The highest BCUT2D eigenvalue weighted by molar-refractivity contribution is 7.85. The van der Waals surface area contributed by atoms with Gasteiger partial charge in [-0.05, 0) is 54.0 Å². The van der Waals surface area contributed by atoms with Crippen LogP contribution in [0, 0.1) is 0 Å². The molecule has 0 radical (unpaired) electrons. The van der Waals surface area contributed by atoms with Crippen molar-refractivity contribution < 1.29 is 17.5 Å². The summed E-state index contributed by atoms with van der Waals surface area (Å²) in [5.74, 6) is -0.210. The molecular weight excluding hydrogens is 382 g/mol. The van der Waals surface area contributed by atoms with E-state index >= 15 is 0 Å². The molecule has 0 saturated carbocycles. The predicted octanol–water partition coefficient (Wildman–Crippen LogP) is 4.86. The maximum Gasteiger partial charge on any atom is 0.265 e. The van der Waals surface area contributed by atoms with E-state index in [0.29, 0.717) is 13.0 Å². The average Bonchev–Trinajstić information content (AvgIpc) is 2.81. The first kappa shape index (κ1) is 20.3. The third kappa shape index (κ3) is 3.24. The van der Waals surface area contributed by atoms with E-state index in [9.17, 15) is 8.42 Å². The smallest absolute Gasteiger partial charge is 0.265 e. The lowest BCUT2D eigenvalue weighted by atomic mass is 9.66. The third-order valence-corrected chi connectivity index (χ3v) is 7.67. The summed E-state index contributed by atoms with van der Waals surface area (Å²) in [5, 5.41) is 0. The Morgan fingerprint density at radius 1 is 1.03 bits per heavy atom. The van der Waals surface area contributed by atoms with Gasteiger partial charge in [0.15, 0.2) is 5.71 Å². The van der Waals surface area contributed by atoms with Crippen molar-refractivity contribution in [1.29, 1.82) is 0 Å². The van der Waals surface area contributed by atoms with Gasteiger partial charge in [0.25, 0.3) is 10.1 Å². The lowest BCUT2D eigenvalue weighted by Crippen LogP contribution is -2.31. The molecule has 0 aromatic heterocycles. The number of benzene rings is 2. The van der Waals surface area contributed by atoms with Gasteiger partial charge in [-0.1, -0.05) is 38.1 Å². The number of fused-ring (bicyclic) bond motifs is 5. The van der Waals surface area contributed by atoms with E-state index in [1.165, 1.54) is 39.2 Å². The van der Waals surface area contributed by atoms with Crippen LogP contribution in [0.25, 0.3) is 11.1 Å². The minimum atomic E-state index is -3.94. The Balaban J connectivity index is 1.85. The van der Waals surface area contributed by atoms with Crippen molar-refractivity contribution in [3.05, 3.63) is 53.1 Å². The van der Waals surface area contributed by atoms with Crippen LogP contribution in [0.5, 0.6) is 0 Å². The first-order chi connectivity index (χ1) is 13.4. The molecule has 2 aliphatic rings. The Morgan fingerprint density at radius 2 is 1.72 bits per heavy atom. The van der Waals surface area contributed by atoms with Crippen molar-refractivity contribution in [2.24, 2.45) is 0 Å². The summed E-state index contributed by atoms with van der Waals surface area (Å²) in [4.78, 5) is 0. The molecule has 4 nitrogen and oxygen atoms in total. The van der Waals surface area contributed by atoms with E-state index in [2.05, 4.69) is 75.6 Å². The normalized spacial score (nSPS) is 19.0. The van der Waals surface area contributed by atoms with Crippen LogP contribution in [0.3, 0.4) is 0 Å². The molecule has 0 unspecified atom stereocenters. The fraction of sp³-hybridized carbons (Fsp3) is 0.458. The molecule has 1 heterocycles. The molecule has 4 rings (SSSR count). The molecule has 0 amide bonds. The Kier molecular flexibility index (Phi) is 4.56. The second-order valence-corrected chi connectivity index (χ2v) is 11.2. The molecule has 2 aromatic rings. The van der Waals surface area contributed by atoms with Crippen LogP contribution in [0.4, 0.5) is 5.69 Å². The van der Waals surface area contributed by atoms with Gasteiger partial charge in [-0.15, -0.1) is 0 Å². The van der Waals surface area contributed by atoms with Crippen LogP contribution in [0.1, 0.15) is 57.7 Å². The van der Waals surface area contributed by atoms with Crippen molar-refractivity contribution >= 4 is 21.5 Å². The van der Waals surface area contributed by atoms with E-state index < -0.39 is 10.1 Å². The zero-order valence-electron chi connectivity index (χ0n) is 17.9. The van der Waals surface area contributed by atoms with Crippen LogP contribution in [0.15, 0.2) is 36.4 Å². The summed E-state index contributed by atoms with van der Waals surface area (Å²) >= 11 is 0. The Morgan fingerprint density at radius 3 is 2.41 bits per heavy atom. The summed E-state index contributed by atoms with van der Waals surface area (Å²) < 4.78 is 33.7. The fourth-order valence-corrected chi connectivity index (χ4v) is 5.73. The van der Waals surface area contributed by atoms with Gasteiger partial charge in [0, 0.05) is 25.0 Å². The maximum absolute atomic E-state index is 11.2. The van der Waals surface area contributed by atoms with E-state index in [1.54, 1.807) is 0 Å². The summed E-state index contributed by atoms with van der Waals surface area (Å²) in [6.07, 6.45) is 1.38. The van der Waals surface area contributed by atoms with Crippen molar-refractivity contribution in [2.45, 2.75) is 58.3 Å². The lowest BCUT2D eigenvalue weighted by Gasteiger charge is -2.36. The minimum Gasteiger partial charge on any atom is -0.286 e. The summed E-state index contributed by atoms with van der Waals surface area (Å²) in [6, 6.07) is 13.1. The first-order valence-electron chi connectivity index (χ1n) is 10.3. The molecule has 0 fully saturated rings. The zero-order valence-corrected chi connectivity index (χ0v) is 18.7. The topological polar surface area (TPSA) is 57.4 Å². The molecule has 0 spiro atoms. The molecule has 154 valence electrons. The van der Waals surface area contributed by atoms with E-state index in [0.717, 1.165) is 6.42 Å². The largest absolute Gasteiger partial charge is 0.286 e. The SMILES string of the molecule is CC1=[N+](CCCS(=O)(=O)O)c2ccc3c(c2C1(C)C)CC(C)(C)c1ccccc1-3. The molecule has 0 saturated heterocycles. The van der Waals surface area contributed by atoms with Gasteiger partial charge in [-0.2, -0.15) is 13.0 Å². The van der Waals surface area contributed by atoms with Gasteiger partial charge in [-0.3, -0.25) is 4.55 Å². The van der Waals surface area contributed by atoms with Crippen LogP contribution >= 0.6 is 0 Å². The standard InChI is InChI=1S/C24H29NO3S/c1-16-24(4,5)22-19-15-23(2,3)20-10-7-6-9-18(20)17(19)11-12-21(22)25(16)13-8-14-29(26,27)28/h6-7,9-12H,8,13-15H2,1-5H3/p+1. The van der Waals surface area contributed by atoms with Gasteiger partial charge < -0.3 is 0 Å². The summed E-state index contributed by atoms with van der Waals surface area (Å²) in [5.41, 5.74) is 9.15. The third-order valence-electron chi connectivity index (χ3n) is 6.87. The molecule has 0 atom stereocenters. The first-order valence-corrected chi connectivity index (χ1v) is 11.9. The molecule has 29 heavy (non-hydrogen) atoms. The Hall–Kier alpha value is -1.98. The summed E-state index contributed by atoms with van der Waals surface area (Å²) in [7, 11) is -3.94. The van der Waals surface area contributed by atoms with Gasteiger partial charge in [0.1, 0.15) is 6.54 Å². The van der Waals surface area contributed by atoms with E-state index in [4.69, 9.17) is 4.55 Å². The van der Waals surface area contributed by atoms with E-state index in [-0.39, 0.29) is 16.6 Å². The highest BCUT2D eigenvalue weighted by atomic mass is 32.2. The Labute approximate surface area is 174 Å². The van der Waals surface area contributed by atoms with Crippen LogP contribution in [-0.4, -0.2) is 35.6 Å². The summed E-state index contributed by atoms with van der Waals surface area (Å²) in [6.45, 7) is 11.9. The number of rotatable bonds is 4. The molecule has 0 bridgehead atoms. The molecule has 1 N–H and O–H groups in total. The second kappa shape index (κ2) is 6.51. The maximum atomic E-state index is 11.2. The van der Waals surface area contributed by atoms with Crippen molar-refractivity contribution in [3.8, 4) is 11.1 Å². The van der Waals surface area contributed by atoms with E-state index in [1.807, 2.05) is 0 Å². The van der Waals surface area contributed by atoms with Crippen LogP contribution < -0.4 is 0 Å². The molecule has 1 aliphatic heterocycles. The van der Waals surface area contributed by atoms with Gasteiger partial charge in [0.05, 0.1) is 11.2 Å². The average molecular weight is 413 g/mol. The second-order valence-electron chi connectivity index (χ2n) is 9.59. The van der Waals surface area contributed by atoms with Crippen molar-refractivity contribution in [2.75, 3.05) is 12.3 Å². The lowest BCUT2D eigenvalue weighted by molar-refractivity contribution is -0.438. The molecule has 2 aromatic carbocycles. The minimum absolute atomic E-state index is 0.0566. The quantitative estimate of drug-likeness (QED) is 0.576. The van der Waals surface area contributed by atoms with Gasteiger partial charge in [-0.25, -0.2) is 0 Å². The van der Waals surface area contributed by atoms with Crippen LogP contribution in [-0.2, 0) is 27.4 Å². The van der Waals surface area contributed by atoms with Crippen molar-refractivity contribution in [3.63, 3.8) is 0 Å². The number of hydrogen-bond donors (Lipinski definition) is 1. The molecular formula is C24H30NO3S+. The highest BCUT2D eigenvalue weighted by Crippen LogP contribution is 2.50. The van der Waals surface area contributed by atoms with Crippen molar-refractivity contribution in [1.82, 2.24) is 0 Å². The predicted molar refractivity (Wildman–Crippen MR) is 118 cm³/mol. The zero-order chi connectivity index (χ0) is 21.2. The Bertz CT molecular complexity index is 1140. The highest BCUT2D eigenvalue weighted by Gasteiger charge is 2.47. The molecule has 5 heteroatoms. The molecule has 1 aliphatic carbocycles. The fourth-order valence-electron chi connectivity index (χ4n) is 5.23. The monoisotopic (exact) mass is 412 g/mol. The van der Waals surface area contributed by atoms with Gasteiger partial charge in [0.2, 0.25) is 5.69 Å². The van der Waals surface area contributed by atoms with Crippen LogP contribution in [0.2, 0.25) is 0 Å². The van der Waals surface area contributed by atoms with Gasteiger partial charge >= 0.3 is 0 Å². The number of hydrogen-bond acceptors (Lipinski definition) is 2. The number of nitrogens with zero attached hydrogens (tertiary/aromatic N) is 1.